The Labute approximate surface area is 135 Å². The summed E-state index contributed by atoms with van der Waals surface area (Å²) in [5.74, 6) is 0. The van der Waals surface area contributed by atoms with Gasteiger partial charge in [0.2, 0.25) is 0 Å². The Kier molecular flexibility index (Phi) is 31.1. The number of rotatable bonds is 11. The SMILES string of the molecule is CC(O)CCO.CCCCCC(O)CO.OCCCCCO. The average molecular weight is 326 g/mol. The Morgan fingerprint density at radius 1 is 0.682 bits per heavy atom. The lowest BCUT2D eigenvalue weighted by atomic mass is 10.1. The Morgan fingerprint density at radius 2 is 1.23 bits per heavy atom. The third-order valence-electron chi connectivity index (χ3n) is 2.71. The van der Waals surface area contributed by atoms with Crippen LogP contribution in [-0.2, 0) is 0 Å². The van der Waals surface area contributed by atoms with Gasteiger partial charge in [0.05, 0.1) is 18.8 Å². The van der Waals surface area contributed by atoms with Crippen molar-refractivity contribution in [2.75, 3.05) is 26.4 Å². The first-order valence-electron chi connectivity index (χ1n) is 8.29. The number of hydrogen-bond acceptors (Lipinski definition) is 6. The molecule has 0 aromatic rings. The smallest absolute Gasteiger partial charge is 0.0770 e. The van der Waals surface area contributed by atoms with Crippen molar-refractivity contribution < 1.29 is 30.6 Å². The highest BCUT2D eigenvalue weighted by molar-refractivity contribution is 4.51. The van der Waals surface area contributed by atoms with Crippen LogP contribution in [0, 0.1) is 0 Å². The molecular formula is C16H38O6. The minimum atomic E-state index is -0.489. The first kappa shape index (κ1) is 26.6. The van der Waals surface area contributed by atoms with Gasteiger partial charge in [0.1, 0.15) is 0 Å². The van der Waals surface area contributed by atoms with Crippen molar-refractivity contribution in [3.63, 3.8) is 0 Å². The van der Waals surface area contributed by atoms with Crippen molar-refractivity contribution in [1.29, 1.82) is 0 Å². The molecule has 0 aliphatic heterocycles. The van der Waals surface area contributed by atoms with E-state index in [4.69, 9.17) is 30.6 Å². The van der Waals surface area contributed by atoms with Crippen LogP contribution < -0.4 is 0 Å². The minimum Gasteiger partial charge on any atom is -0.396 e. The molecule has 0 aromatic carbocycles. The topological polar surface area (TPSA) is 121 Å². The molecule has 6 N–H and O–H groups in total. The van der Waals surface area contributed by atoms with E-state index in [1.54, 1.807) is 6.92 Å². The molecule has 2 unspecified atom stereocenters. The van der Waals surface area contributed by atoms with Crippen molar-refractivity contribution in [2.45, 2.75) is 77.4 Å². The lowest BCUT2D eigenvalue weighted by Gasteiger charge is -2.04. The largest absolute Gasteiger partial charge is 0.396 e. The van der Waals surface area contributed by atoms with Gasteiger partial charge in [-0.1, -0.05) is 26.2 Å². The molecule has 0 aliphatic carbocycles. The third kappa shape index (κ3) is 36.7. The van der Waals surface area contributed by atoms with Crippen molar-refractivity contribution in [3.8, 4) is 0 Å². The molecule has 0 saturated carbocycles. The molecule has 0 bridgehead atoms. The summed E-state index contributed by atoms with van der Waals surface area (Å²) in [5, 5.41) is 50.1. The maximum absolute atomic E-state index is 8.83. The molecule has 0 saturated heterocycles. The van der Waals surface area contributed by atoms with Gasteiger partial charge in [0.15, 0.2) is 0 Å². The van der Waals surface area contributed by atoms with Crippen LogP contribution in [0.4, 0.5) is 0 Å². The molecule has 0 amide bonds. The van der Waals surface area contributed by atoms with Crippen LogP contribution in [0.15, 0.2) is 0 Å². The Morgan fingerprint density at radius 3 is 1.50 bits per heavy atom. The zero-order valence-electron chi connectivity index (χ0n) is 14.3. The van der Waals surface area contributed by atoms with Gasteiger partial charge in [-0.15, -0.1) is 0 Å². The van der Waals surface area contributed by atoms with Crippen molar-refractivity contribution >= 4 is 0 Å². The molecule has 138 valence electrons. The van der Waals surface area contributed by atoms with Gasteiger partial charge in [-0.05, 0) is 39.0 Å². The second-order valence-electron chi connectivity index (χ2n) is 5.20. The standard InChI is InChI=1S/C7H16O2.C5H12O2.C4H10O2/c1-2-3-4-5-7(9)6-8;6-4-2-1-3-5-7;1-4(6)2-3-5/h7-9H,2-6H2,1H3;6-7H,1-5H2;4-6H,2-3H2,1H3. The molecule has 0 aromatic heterocycles. The quantitative estimate of drug-likeness (QED) is 0.313. The first-order chi connectivity index (χ1) is 10.5. The van der Waals surface area contributed by atoms with Gasteiger partial charge in [-0.3, -0.25) is 0 Å². The normalized spacial score (nSPS) is 12.5. The van der Waals surface area contributed by atoms with E-state index in [1.807, 2.05) is 0 Å². The highest BCUT2D eigenvalue weighted by Gasteiger charge is 1.98. The van der Waals surface area contributed by atoms with E-state index in [1.165, 1.54) is 0 Å². The van der Waals surface area contributed by atoms with Gasteiger partial charge in [-0.2, -0.15) is 0 Å². The highest BCUT2D eigenvalue weighted by atomic mass is 16.3. The number of aliphatic hydroxyl groups is 6. The predicted molar refractivity (Wildman–Crippen MR) is 88.6 cm³/mol. The van der Waals surface area contributed by atoms with Crippen molar-refractivity contribution in [2.24, 2.45) is 0 Å². The summed E-state index contributed by atoms with van der Waals surface area (Å²) in [6.07, 6.45) is 6.30. The maximum atomic E-state index is 8.83. The Hall–Kier alpha value is -0.240. The fraction of sp³-hybridized carbons (Fsp3) is 1.00. The van der Waals surface area contributed by atoms with E-state index in [9.17, 15) is 0 Å². The van der Waals surface area contributed by atoms with Crippen LogP contribution in [0.25, 0.3) is 0 Å². The predicted octanol–water partition coefficient (Wildman–Crippen LogP) is 0.811. The molecule has 0 aliphatic rings. The van der Waals surface area contributed by atoms with E-state index < -0.39 is 6.10 Å². The van der Waals surface area contributed by atoms with Crippen LogP contribution in [0.3, 0.4) is 0 Å². The van der Waals surface area contributed by atoms with Gasteiger partial charge >= 0.3 is 0 Å². The molecule has 2 atom stereocenters. The van der Waals surface area contributed by atoms with E-state index >= 15 is 0 Å². The summed E-state index contributed by atoms with van der Waals surface area (Å²) in [4.78, 5) is 0. The molecule has 0 radical (unpaired) electrons. The summed E-state index contributed by atoms with van der Waals surface area (Å²) in [6, 6.07) is 0. The average Bonchev–Trinajstić information content (AvgIpc) is 2.49. The Balaban J connectivity index is -0.000000252. The molecular weight excluding hydrogens is 288 g/mol. The zero-order valence-corrected chi connectivity index (χ0v) is 14.3. The maximum Gasteiger partial charge on any atom is 0.0770 e. The van der Waals surface area contributed by atoms with Crippen molar-refractivity contribution in [3.05, 3.63) is 0 Å². The second-order valence-corrected chi connectivity index (χ2v) is 5.20. The molecule has 0 fully saturated rings. The lowest BCUT2D eigenvalue weighted by molar-refractivity contribution is 0.0861. The first-order valence-corrected chi connectivity index (χ1v) is 8.29. The van der Waals surface area contributed by atoms with Crippen LogP contribution in [0.5, 0.6) is 0 Å². The van der Waals surface area contributed by atoms with Crippen LogP contribution in [0.1, 0.15) is 65.2 Å². The molecule has 22 heavy (non-hydrogen) atoms. The third-order valence-corrected chi connectivity index (χ3v) is 2.71. The molecule has 0 rings (SSSR count). The molecule has 6 nitrogen and oxygen atoms in total. The Bertz CT molecular complexity index is 163. The summed E-state index contributed by atoms with van der Waals surface area (Å²) in [6.45, 7) is 4.25. The molecule has 0 heterocycles. The number of hydrogen-bond donors (Lipinski definition) is 6. The van der Waals surface area contributed by atoms with Gasteiger partial charge in [0.25, 0.3) is 0 Å². The minimum absolute atomic E-state index is 0.0810. The van der Waals surface area contributed by atoms with E-state index in [0.717, 1.165) is 44.9 Å². The monoisotopic (exact) mass is 326 g/mol. The zero-order chi connectivity index (χ0) is 17.6. The lowest BCUT2D eigenvalue weighted by Crippen LogP contribution is -2.10. The van der Waals surface area contributed by atoms with E-state index in [2.05, 4.69) is 6.92 Å². The van der Waals surface area contributed by atoms with Crippen LogP contribution >= 0.6 is 0 Å². The fourth-order valence-corrected chi connectivity index (χ4v) is 1.31. The van der Waals surface area contributed by atoms with Gasteiger partial charge in [-0.25, -0.2) is 0 Å². The summed E-state index contributed by atoms with van der Waals surface area (Å²) in [5.41, 5.74) is 0. The summed E-state index contributed by atoms with van der Waals surface area (Å²) < 4.78 is 0. The highest BCUT2D eigenvalue weighted by Crippen LogP contribution is 2.01. The second kappa shape index (κ2) is 25.7. The van der Waals surface area contributed by atoms with Gasteiger partial charge < -0.3 is 30.6 Å². The van der Waals surface area contributed by atoms with Crippen LogP contribution in [-0.4, -0.2) is 69.3 Å². The number of aliphatic hydroxyl groups excluding tert-OH is 6. The molecule has 6 heteroatoms. The summed E-state index contributed by atoms with van der Waals surface area (Å²) >= 11 is 0. The molecule has 0 spiro atoms. The van der Waals surface area contributed by atoms with Crippen molar-refractivity contribution in [1.82, 2.24) is 0 Å². The van der Waals surface area contributed by atoms with Gasteiger partial charge in [0, 0.05) is 19.8 Å². The van der Waals surface area contributed by atoms with Crippen LogP contribution in [0.2, 0.25) is 0 Å². The fourth-order valence-electron chi connectivity index (χ4n) is 1.31. The summed E-state index contributed by atoms with van der Waals surface area (Å²) in [7, 11) is 0. The van der Waals surface area contributed by atoms with E-state index in [-0.39, 0.29) is 32.5 Å². The number of unbranched alkanes of at least 4 members (excludes halogenated alkanes) is 4. The van der Waals surface area contributed by atoms with E-state index in [0.29, 0.717) is 6.42 Å².